The van der Waals surface area contributed by atoms with Crippen molar-refractivity contribution in [3.05, 3.63) is 35.9 Å². The molecule has 20 heavy (non-hydrogen) atoms. The zero-order chi connectivity index (χ0) is 14.5. The number of carbonyl (C=O) groups excluding carboxylic acids is 3. The van der Waals surface area contributed by atoms with Crippen LogP contribution in [0.3, 0.4) is 0 Å². The first-order chi connectivity index (χ1) is 9.56. The van der Waals surface area contributed by atoms with E-state index >= 15 is 0 Å². The van der Waals surface area contributed by atoms with E-state index < -0.39 is 30.1 Å². The van der Waals surface area contributed by atoms with Crippen LogP contribution in [0.1, 0.15) is 12.5 Å². The molecule has 3 N–H and O–H groups in total. The summed E-state index contributed by atoms with van der Waals surface area (Å²) in [5.41, 5.74) is 0.863. The number of hydrogen-bond acceptors (Lipinski definition) is 4. The van der Waals surface area contributed by atoms with E-state index in [1.54, 1.807) is 6.92 Å². The van der Waals surface area contributed by atoms with Gasteiger partial charge in [-0.15, -0.1) is 0 Å². The number of alkyl carbamates (subject to hydrolysis) is 1. The van der Waals surface area contributed by atoms with Gasteiger partial charge in [0, 0.05) is 0 Å². The summed E-state index contributed by atoms with van der Waals surface area (Å²) in [5.74, 6) is -0.467. The summed E-state index contributed by atoms with van der Waals surface area (Å²) in [6.07, 6.45) is -0.643. The molecule has 1 aromatic carbocycles. The summed E-state index contributed by atoms with van der Waals surface area (Å²) in [6, 6.07) is 7.31. The van der Waals surface area contributed by atoms with Crippen LogP contribution in [0.5, 0.6) is 0 Å². The number of nitrogens with one attached hydrogen (secondary N) is 3. The van der Waals surface area contributed by atoms with Gasteiger partial charge in [-0.2, -0.15) is 0 Å². The predicted molar refractivity (Wildman–Crippen MR) is 69.7 cm³/mol. The van der Waals surface area contributed by atoms with Gasteiger partial charge in [0.1, 0.15) is 12.6 Å². The van der Waals surface area contributed by atoms with Crippen LogP contribution in [0.15, 0.2) is 30.3 Å². The number of amides is 4. The lowest BCUT2D eigenvalue weighted by atomic mass is 10.1. The van der Waals surface area contributed by atoms with E-state index in [4.69, 9.17) is 4.74 Å². The molecule has 2 atom stereocenters. The topological polar surface area (TPSA) is 96.5 Å². The third kappa shape index (κ3) is 3.47. The first kappa shape index (κ1) is 13.9. The minimum atomic E-state index is -0.785. The van der Waals surface area contributed by atoms with Gasteiger partial charge in [-0.05, 0) is 12.5 Å². The van der Waals surface area contributed by atoms with E-state index in [-0.39, 0.29) is 6.61 Å². The minimum absolute atomic E-state index is 0.141. The zero-order valence-corrected chi connectivity index (χ0v) is 10.9. The largest absolute Gasteiger partial charge is 0.445 e. The lowest BCUT2D eigenvalue weighted by molar-refractivity contribution is -0.120. The second kappa shape index (κ2) is 6.05. The predicted octanol–water partition coefficient (Wildman–Crippen LogP) is 0.509. The van der Waals surface area contributed by atoms with Crippen molar-refractivity contribution in [2.24, 2.45) is 0 Å². The quantitative estimate of drug-likeness (QED) is 0.699. The van der Waals surface area contributed by atoms with E-state index in [0.717, 1.165) is 5.56 Å². The number of ether oxygens (including phenoxy) is 1. The molecule has 7 heteroatoms. The summed E-state index contributed by atoms with van der Waals surface area (Å²) in [7, 11) is 0. The van der Waals surface area contributed by atoms with Gasteiger partial charge in [0.15, 0.2) is 0 Å². The molecule has 1 aliphatic heterocycles. The van der Waals surface area contributed by atoms with Crippen molar-refractivity contribution in [2.45, 2.75) is 25.6 Å². The summed E-state index contributed by atoms with van der Waals surface area (Å²) in [4.78, 5) is 34.0. The average Bonchev–Trinajstić information content (AvgIpc) is 2.77. The molecule has 2 unspecified atom stereocenters. The van der Waals surface area contributed by atoms with E-state index in [2.05, 4.69) is 16.0 Å². The van der Waals surface area contributed by atoms with Gasteiger partial charge < -0.3 is 15.4 Å². The highest BCUT2D eigenvalue weighted by Gasteiger charge is 2.34. The summed E-state index contributed by atoms with van der Waals surface area (Å²) >= 11 is 0. The molecule has 1 aliphatic rings. The maximum Gasteiger partial charge on any atom is 0.407 e. The van der Waals surface area contributed by atoms with Crippen molar-refractivity contribution in [3.63, 3.8) is 0 Å². The van der Waals surface area contributed by atoms with Gasteiger partial charge in [-0.3, -0.25) is 10.1 Å². The van der Waals surface area contributed by atoms with Crippen molar-refractivity contribution >= 4 is 18.0 Å². The Labute approximate surface area is 115 Å². The Morgan fingerprint density at radius 2 is 2.05 bits per heavy atom. The molecule has 1 aromatic rings. The molecule has 0 spiro atoms. The van der Waals surface area contributed by atoms with Gasteiger partial charge in [0.05, 0.1) is 6.04 Å². The maximum atomic E-state index is 11.6. The molecule has 0 saturated carbocycles. The molecule has 4 amide bonds. The Bertz CT molecular complexity index is 518. The van der Waals surface area contributed by atoms with Crippen molar-refractivity contribution in [2.75, 3.05) is 0 Å². The van der Waals surface area contributed by atoms with Crippen LogP contribution in [-0.4, -0.2) is 30.1 Å². The zero-order valence-electron chi connectivity index (χ0n) is 10.9. The molecule has 2 rings (SSSR count). The lowest BCUT2D eigenvalue weighted by Gasteiger charge is -2.18. The van der Waals surface area contributed by atoms with Gasteiger partial charge in [0.2, 0.25) is 0 Å². The van der Waals surface area contributed by atoms with Crippen molar-refractivity contribution in [3.8, 4) is 0 Å². The molecule has 0 bridgehead atoms. The molecular formula is C13H15N3O4. The fourth-order valence-electron chi connectivity index (χ4n) is 1.82. The third-order valence-corrected chi connectivity index (χ3v) is 2.86. The van der Waals surface area contributed by atoms with E-state index in [0.29, 0.717) is 0 Å². The van der Waals surface area contributed by atoms with Crippen LogP contribution in [0.25, 0.3) is 0 Å². The average molecular weight is 277 g/mol. The van der Waals surface area contributed by atoms with Crippen LogP contribution >= 0.6 is 0 Å². The highest BCUT2D eigenvalue weighted by atomic mass is 16.5. The van der Waals surface area contributed by atoms with Crippen LogP contribution in [-0.2, 0) is 16.1 Å². The van der Waals surface area contributed by atoms with E-state index in [1.807, 2.05) is 30.3 Å². The van der Waals surface area contributed by atoms with Crippen LogP contribution in [0, 0.1) is 0 Å². The molecule has 1 fully saturated rings. The SMILES string of the molecule is CC(NC(=O)OCc1ccccc1)C1NC(=O)NC1=O. The third-order valence-electron chi connectivity index (χ3n) is 2.86. The second-order valence-corrected chi connectivity index (χ2v) is 4.44. The summed E-state index contributed by atoms with van der Waals surface area (Å²) < 4.78 is 5.03. The number of hydrogen-bond donors (Lipinski definition) is 3. The highest BCUT2D eigenvalue weighted by Crippen LogP contribution is 2.03. The van der Waals surface area contributed by atoms with Crippen LogP contribution in [0.2, 0.25) is 0 Å². The number of imide groups is 1. The number of rotatable bonds is 4. The van der Waals surface area contributed by atoms with Crippen molar-refractivity contribution in [1.29, 1.82) is 0 Å². The van der Waals surface area contributed by atoms with Crippen molar-refractivity contribution < 1.29 is 19.1 Å². The van der Waals surface area contributed by atoms with Gasteiger partial charge in [-0.1, -0.05) is 30.3 Å². The first-order valence-corrected chi connectivity index (χ1v) is 6.15. The molecule has 7 nitrogen and oxygen atoms in total. The molecule has 106 valence electrons. The normalized spacial score (nSPS) is 18.9. The number of urea groups is 1. The second-order valence-electron chi connectivity index (χ2n) is 4.44. The molecular weight excluding hydrogens is 262 g/mol. The van der Waals surface area contributed by atoms with Crippen LogP contribution in [0.4, 0.5) is 9.59 Å². The molecule has 0 aliphatic carbocycles. The van der Waals surface area contributed by atoms with Crippen molar-refractivity contribution in [1.82, 2.24) is 16.0 Å². The van der Waals surface area contributed by atoms with E-state index in [9.17, 15) is 14.4 Å². The highest BCUT2D eigenvalue weighted by molar-refractivity contribution is 6.04. The molecule has 0 radical (unpaired) electrons. The van der Waals surface area contributed by atoms with Gasteiger partial charge in [-0.25, -0.2) is 9.59 Å². The summed E-state index contributed by atoms with van der Waals surface area (Å²) in [6.45, 7) is 1.75. The number of carbonyl (C=O) groups is 3. The Kier molecular flexibility index (Phi) is 4.19. The standard InChI is InChI=1S/C13H15N3O4/c1-8(10-11(17)16-12(18)15-10)14-13(19)20-7-9-5-3-2-4-6-9/h2-6,8,10H,7H2,1H3,(H,14,19)(H2,15,16,17,18). The summed E-state index contributed by atoms with van der Waals surface area (Å²) in [5, 5.41) is 7.02. The maximum absolute atomic E-state index is 11.6. The Morgan fingerprint density at radius 3 is 2.65 bits per heavy atom. The van der Waals surface area contributed by atoms with Gasteiger partial charge in [0.25, 0.3) is 5.91 Å². The fourth-order valence-corrected chi connectivity index (χ4v) is 1.82. The number of benzene rings is 1. The van der Waals surface area contributed by atoms with Gasteiger partial charge >= 0.3 is 12.1 Å². The van der Waals surface area contributed by atoms with Crippen LogP contribution < -0.4 is 16.0 Å². The molecule has 1 saturated heterocycles. The molecule has 1 heterocycles. The lowest BCUT2D eigenvalue weighted by Crippen LogP contribution is -2.49. The smallest absolute Gasteiger partial charge is 0.407 e. The Morgan fingerprint density at radius 1 is 1.35 bits per heavy atom. The first-order valence-electron chi connectivity index (χ1n) is 6.15. The Hall–Kier alpha value is -2.57. The Balaban J connectivity index is 1.79. The fraction of sp³-hybridized carbons (Fsp3) is 0.308. The monoisotopic (exact) mass is 277 g/mol. The molecule has 0 aromatic heterocycles. The minimum Gasteiger partial charge on any atom is -0.445 e. The van der Waals surface area contributed by atoms with E-state index in [1.165, 1.54) is 0 Å².